The standard InChI is InChI=1S/C21H27ClN4O2S/c1-2-15-7-5-6-12-25(15)20(27)14-29-21-24-23-19(26(21)16-10-11-16)13-28-18-9-4-3-8-17(18)22/h3-4,8-9,15-16H,2,5-7,10-14H2,1H3. The molecule has 2 aliphatic rings. The van der Waals surface area contributed by atoms with Crippen LogP contribution in [0.2, 0.25) is 5.02 Å². The van der Waals surface area contributed by atoms with Crippen molar-refractivity contribution in [3.8, 4) is 5.75 Å². The van der Waals surface area contributed by atoms with Crippen LogP contribution in [0.4, 0.5) is 0 Å². The lowest BCUT2D eigenvalue weighted by Gasteiger charge is -2.35. The van der Waals surface area contributed by atoms with E-state index in [1.165, 1.54) is 18.2 Å². The van der Waals surface area contributed by atoms with Gasteiger partial charge in [-0.25, -0.2) is 0 Å². The normalized spacial score (nSPS) is 19.4. The minimum absolute atomic E-state index is 0.209. The maximum Gasteiger partial charge on any atom is 0.233 e. The molecule has 1 aromatic heterocycles. The fraction of sp³-hybridized carbons (Fsp3) is 0.571. The molecule has 2 heterocycles. The van der Waals surface area contributed by atoms with Crippen molar-refractivity contribution in [1.82, 2.24) is 19.7 Å². The van der Waals surface area contributed by atoms with Gasteiger partial charge in [0.1, 0.15) is 12.4 Å². The summed E-state index contributed by atoms with van der Waals surface area (Å²) in [6.07, 6.45) is 6.70. The second kappa shape index (κ2) is 9.39. The van der Waals surface area contributed by atoms with Crippen LogP contribution in [0.3, 0.4) is 0 Å². The minimum atomic E-state index is 0.209. The monoisotopic (exact) mass is 434 g/mol. The fourth-order valence-corrected chi connectivity index (χ4v) is 4.97. The van der Waals surface area contributed by atoms with Crippen molar-refractivity contribution < 1.29 is 9.53 Å². The van der Waals surface area contributed by atoms with Crippen molar-refractivity contribution in [3.05, 3.63) is 35.1 Å². The number of hydrogen-bond acceptors (Lipinski definition) is 5. The number of rotatable bonds is 8. The second-order valence-corrected chi connectivity index (χ2v) is 9.00. The van der Waals surface area contributed by atoms with Gasteiger partial charge < -0.3 is 9.64 Å². The summed E-state index contributed by atoms with van der Waals surface area (Å²) >= 11 is 7.67. The molecule has 4 rings (SSSR count). The fourth-order valence-electron chi connectivity index (χ4n) is 3.87. The first-order valence-electron chi connectivity index (χ1n) is 10.4. The summed E-state index contributed by atoms with van der Waals surface area (Å²) in [4.78, 5) is 14.9. The number of carbonyl (C=O) groups is 1. The van der Waals surface area contributed by atoms with E-state index in [2.05, 4.69) is 26.6 Å². The first-order valence-corrected chi connectivity index (χ1v) is 11.8. The number of benzene rings is 1. The average molecular weight is 435 g/mol. The Hall–Kier alpha value is -1.73. The lowest BCUT2D eigenvalue weighted by Crippen LogP contribution is -2.44. The number of carbonyl (C=O) groups excluding carboxylic acids is 1. The van der Waals surface area contributed by atoms with Crippen molar-refractivity contribution in [2.75, 3.05) is 12.3 Å². The summed E-state index contributed by atoms with van der Waals surface area (Å²) in [7, 11) is 0. The van der Waals surface area contributed by atoms with Gasteiger partial charge in [0.2, 0.25) is 5.91 Å². The van der Waals surface area contributed by atoms with Gasteiger partial charge in [-0.3, -0.25) is 9.36 Å². The van der Waals surface area contributed by atoms with Crippen molar-refractivity contribution in [1.29, 1.82) is 0 Å². The molecule has 0 radical (unpaired) electrons. The summed E-state index contributed by atoms with van der Waals surface area (Å²) in [6, 6.07) is 8.21. The number of aromatic nitrogens is 3. The third kappa shape index (κ3) is 4.89. The molecule has 0 spiro atoms. The van der Waals surface area contributed by atoms with E-state index in [9.17, 15) is 4.79 Å². The molecule has 8 heteroatoms. The molecule has 1 atom stereocenters. The Kier molecular flexibility index (Phi) is 6.65. The van der Waals surface area contributed by atoms with Crippen LogP contribution in [0.5, 0.6) is 5.75 Å². The molecule has 0 bridgehead atoms. The van der Waals surface area contributed by atoms with Crippen molar-refractivity contribution in [2.24, 2.45) is 0 Å². The van der Waals surface area contributed by atoms with E-state index in [4.69, 9.17) is 16.3 Å². The maximum atomic E-state index is 12.8. The van der Waals surface area contributed by atoms with Gasteiger partial charge in [0.05, 0.1) is 10.8 Å². The van der Waals surface area contributed by atoms with Crippen LogP contribution in [0.15, 0.2) is 29.4 Å². The number of ether oxygens (including phenoxy) is 1. The van der Waals surface area contributed by atoms with Crippen LogP contribution in [0.1, 0.15) is 57.3 Å². The molecule has 1 aliphatic carbocycles. The number of nitrogens with zero attached hydrogens (tertiary/aromatic N) is 4. The molecule has 1 aromatic carbocycles. The Bertz CT molecular complexity index is 855. The van der Waals surface area contributed by atoms with Gasteiger partial charge in [-0.2, -0.15) is 0 Å². The summed E-state index contributed by atoms with van der Waals surface area (Å²) in [5, 5.41) is 10.1. The quantitative estimate of drug-likeness (QED) is 0.562. The predicted molar refractivity (Wildman–Crippen MR) is 114 cm³/mol. The number of halogens is 1. The lowest BCUT2D eigenvalue weighted by atomic mass is 10.0. The smallest absolute Gasteiger partial charge is 0.233 e. The molecular weight excluding hydrogens is 408 g/mol. The molecule has 1 saturated heterocycles. The van der Waals surface area contributed by atoms with Crippen molar-refractivity contribution in [2.45, 2.75) is 69.3 Å². The van der Waals surface area contributed by atoms with Gasteiger partial charge in [0.25, 0.3) is 0 Å². The Labute approximate surface area is 181 Å². The van der Waals surface area contributed by atoms with E-state index in [1.54, 1.807) is 6.07 Å². The average Bonchev–Trinajstić information content (AvgIpc) is 3.51. The van der Waals surface area contributed by atoms with E-state index in [1.807, 2.05) is 18.2 Å². The highest BCUT2D eigenvalue weighted by Gasteiger charge is 2.31. The van der Waals surface area contributed by atoms with Gasteiger partial charge >= 0.3 is 0 Å². The van der Waals surface area contributed by atoms with Crippen LogP contribution < -0.4 is 4.74 Å². The molecular formula is C21H27ClN4O2S. The Morgan fingerprint density at radius 2 is 2.07 bits per heavy atom. The molecule has 29 heavy (non-hydrogen) atoms. The van der Waals surface area contributed by atoms with E-state index in [-0.39, 0.29) is 5.91 Å². The molecule has 1 unspecified atom stereocenters. The topological polar surface area (TPSA) is 60.3 Å². The third-order valence-electron chi connectivity index (χ3n) is 5.58. The molecule has 2 aromatic rings. The summed E-state index contributed by atoms with van der Waals surface area (Å²) < 4.78 is 8.01. The molecule has 0 N–H and O–H groups in total. The molecule has 6 nitrogen and oxygen atoms in total. The lowest BCUT2D eigenvalue weighted by molar-refractivity contribution is -0.132. The summed E-state index contributed by atoms with van der Waals surface area (Å²) in [6.45, 7) is 3.36. The minimum Gasteiger partial charge on any atom is -0.484 e. The predicted octanol–water partition coefficient (Wildman–Crippen LogP) is 4.73. The first-order chi connectivity index (χ1) is 14.2. The Morgan fingerprint density at radius 1 is 1.24 bits per heavy atom. The van der Waals surface area contributed by atoms with Crippen LogP contribution in [0.25, 0.3) is 0 Å². The summed E-state index contributed by atoms with van der Waals surface area (Å²) in [5.41, 5.74) is 0. The Morgan fingerprint density at radius 3 is 2.83 bits per heavy atom. The number of thioether (sulfide) groups is 1. The summed E-state index contributed by atoms with van der Waals surface area (Å²) in [5.74, 6) is 2.04. The third-order valence-corrected chi connectivity index (χ3v) is 6.82. The highest BCUT2D eigenvalue weighted by Crippen LogP contribution is 2.39. The van der Waals surface area contributed by atoms with Crippen molar-refractivity contribution >= 4 is 29.3 Å². The molecule has 1 saturated carbocycles. The molecule has 2 fully saturated rings. The van der Waals surface area contributed by atoms with E-state index >= 15 is 0 Å². The SMILES string of the molecule is CCC1CCCCN1C(=O)CSc1nnc(COc2ccccc2Cl)n1C1CC1. The van der Waals surface area contributed by atoms with Crippen molar-refractivity contribution in [3.63, 3.8) is 0 Å². The van der Waals surface area contributed by atoms with E-state index in [0.717, 1.165) is 49.6 Å². The Balaban J connectivity index is 1.40. The number of hydrogen-bond donors (Lipinski definition) is 0. The zero-order valence-electron chi connectivity index (χ0n) is 16.7. The maximum absolute atomic E-state index is 12.8. The molecule has 1 aliphatic heterocycles. The largest absolute Gasteiger partial charge is 0.484 e. The highest BCUT2D eigenvalue weighted by atomic mass is 35.5. The van der Waals surface area contributed by atoms with E-state index < -0.39 is 0 Å². The van der Waals surface area contributed by atoms with Gasteiger partial charge in [0, 0.05) is 18.6 Å². The van der Waals surface area contributed by atoms with Gasteiger partial charge in [-0.15, -0.1) is 10.2 Å². The zero-order valence-corrected chi connectivity index (χ0v) is 18.3. The molecule has 1 amide bonds. The number of piperidine rings is 1. The van der Waals surface area contributed by atoms with E-state index in [0.29, 0.717) is 35.2 Å². The van der Waals surface area contributed by atoms with Crippen LogP contribution in [-0.2, 0) is 11.4 Å². The van der Waals surface area contributed by atoms with Gasteiger partial charge in [0.15, 0.2) is 11.0 Å². The number of likely N-dealkylation sites (tertiary alicyclic amines) is 1. The van der Waals surface area contributed by atoms with Crippen LogP contribution in [-0.4, -0.2) is 43.9 Å². The second-order valence-electron chi connectivity index (χ2n) is 7.65. The van der Waals surface area contributed by atoms with Gasteiger partial charge in [-0.05, 0) is 50.7 Å². The number of para-hydroxylation sites is 1. The molecule has 156 valence electrons. The van der Waals surface area contributed by atoms with Crippen LogP contribution >= 0.6 is 23.4 Å². The highest BCUT2D eigenvalue weighted by molar-refractivity contribution is 7.99. The number of amides is 1. The van der Waals surface area contributed by atoms with Gasteiger partial charge in [-0.1, -0.05) is 42.4 Å². The zero-order chi connectivity index (χ0) is 20.2. The first kappa shape index (κ1) is 20.5. The van der Waals surface area contributed by atoms with Crippen LogP contribution in [0, 0.1) is 0 Å².